The first-order valence-corrected chi connectivity index (χ1v) is 10.2. The van der Waals surface area contributed by atoms with Gasteiger partial charge in [0.15, 0.2) is 5.82 Å². The second kappa shape index (κ2) is 8.29. The molecule has 32 heavy (non-hydrogen) atoms. The van der Waals surface area contributed by atoms with E-state index in [4.69, 9.17) is 4.74 Å². The average molecular weight is 436 g/mol. The van der Waals surface area contributed by atoms with Gasteiger partial charge < -0.3 is 15.4 Å². The number of nitrogens with one attached hydrogen (secondary N) is 2. The van der Waals surface area contributed by atoms with Crippen LogP contribution in [0, 0.1) is 10.1 Å². The predicted molar refractivity (Wildman–Crippen MR) is 118 cm³/mol. The summed E-state index contributed by atoms with van der Waals surface area (Å²) in [5, 5.41) is 21.6. The molecule has 0 radical (unpaired) electrons. The molecule has 0 unspecified atom stereocenters. The number of aryl methyl sites for hydroxylation is 1. The highest BCUT2D eigenvalue weighted by atomic mass is 16.6. The molecule has 0 fully saturated rings. The molecule has 0 spiro atoms. The van der Waals surface area contributed by atoms with Gasteiger partial charge in [-0.15, -0.1) is 0 Å². The largest absolute Gasteiger partial charge is 0.444 e. The fourth-order valence-corrected chi connectivity index (χ4v) is 3.64. The summed E-state index contributed by atoms with van der Waals surface area (Å²) in [5.41, 5.74) is 2.04. The van der Waals surface area contributed by atoms with Crippen LogP contribution in [0.15, 0.2) is 48.8 Å². The predicted octanol–water partition coefficient (Wildman–Crippen LogP) is 4.43. The minimum absolute atomic E-state index is 0.129. The van der Waals surface area contributed by atoms with Gasteiger partial charge in [-0.1, -0.05) is 6.07 Å². The zero-order valence-electron chi connectivity index (χ0n) is 18.0. The Morgan fingerprint density at radius 2 is 2.09 bits per heavy atom. The zero-order valence-corrected chi connectivity index (χ0v) is 18.0. The maximum atomic E-state index is 12.1. The number of hydrogen-bond donors (Lipinski definition) is 2. The van der Waals surface area contributed by atoms with E-state index in [0.29, 0.717) is 11.5 Å². The Hall–Kier alpha value is -3.95. The highest BCUT2D eigenvalue weighted by Gasteiger charge is 2.27. The van der Waals surface area contributed by atoms with Gasteiger partial charge in [-0.25, -0.2) is 14.5 Å². The highest BCUT2D eigenvalue weighted by Crippen LogP contribution is 2.35. The van der Waals surface area contributed by atoms with Crippen molar-refractivity contribution < 1.29 is 14.5 Å². The summed E-state index contributed by atoms with van der Waals surface area (Å²) < 4.78 is 6.89. The summed E-state index contributed by atoms with van der Waals surface area (Å²) in [6.07, 6.45) is 4.40. The molecule has 10 nitrogen and oxygen atoms in total. The van der Waals surface area contributed by atoms with Gasteiger partial charge in [0.05, 0.1) is 11.0 Å². The van der Waals surface area contributed by atoms with Gasteiger partial charge in [0, 0.05) is 24.1 Å². The van der Waals surface area contributed by atoms with Crippen LogP contribution in [0.1, 0.15) is 44.4 Å². The summed E-state index contributed by atoms with van der Waals surface area (Å²) in [4.78, 5) is 27.5. The van der Waals surface area contributed by atoms with Crippen LogP contribution in [0.4, 0.5) is 22.0 Å². The number of nitrogens with zero attached hydrogens (tertiary/aromatic N) is 4. The number of ether oxygens (including phenoxy) is 1. The summed E-state index contributed by atoms with van der Waals surface area (Å²) in [5.74, 6) is 0.593. The Balaban J connectivity index is 1.55. The Bertz CT molecular complexity index is 1150. The number of benzene rings is 1. The van der Waals surface area contributed by atoms with Crippen LogP contribution in [-0.2, 0) is 11.2 Å². The fraction of sp³-hybridized carbons (Fsp3) is 0.318. The van der Waals surface area contributed by atoms with Crippen LogP contribution in [0.3, 0.4) is 0 Å². The van der Waals surface area contributed by atoms with E-state index >= 15 is 0 Å². The normalized spacial score (nSPS) is 15.2. The van der Waals surface area contributed by atoms with Crippen LogP contribution in [0.5, 0.6) is 0 Å². The number of alkyl carbamates (subject to hydrolysis) is 1. The number of hydrogen-bond acceptors (Lipinski definition) is 7. The topological polar surface area (TPSA) is 124 Å². The van der Waals surface area contributed by atoms with E-state index in [1.54, 1.807) is 24.5 Å². The highest BCUT2D eigenvalue weighted by molar-refractivity contribution is 5.70. The first-order chi connectivity index (χ1) is 15.2. The molecule has 1 aliphatic rings. The van der Waals surface area contributed by atoms with Crippen molar-refractivity contribution in [1.82, 2.24) is 20.1 Å². The molecule has 0 saturated heterocycles. The van der Waals surface area contributed by atoms with Gasteiger partial charge in [-0.2, -0.15) is 5.10 Å². The molecule has 0 saturated carbocycles. The lowest BCUT2D eigenvalue weighted by molar-refractivity contribution is -0.384. The van der Waals surface area contributed by atoms with Crippen molar-refractivity contribution in [2.24, 2.45) is 0 Å². The minimum atomic E-state index is -0.564. The third-order valence-corrected chi connectivity index (χ3v) is 4.97. The van der Waals surface area contributed by atoms with Crippen molar-refractivity contribution in [2.75, 3.05) is 5.32 Å². The average Bonchev–Trinajstić information content (AvgIpc) is 3.37. The number of aromatic nitrogens is 3. The van der Waals surface area contributed by atoms with Gasteiger partial charge in [0.2, 0.25) is 5.82 Å². The van der Waals surface area contributed by atoms with E-state index in [0.717, 1.165) is 24.0 Å². The van der Waals surface area contributed by atoms with E-state index in [-0.39, 0.29) is 17.5 Å². The van der Waals surface area contributed by atoms with Crippen LogP contribution in [0.25, 0.3) is 5.82 Å². The number of carbonyl (C=O) groups is 1. The number of amides is 1. The second-order valence-corrected chi connectivity index (χ2v) is 8.52. The number of nitro groups is 1. The molecule has 3 aromatic rings. The Morgan fingerprint density at radius 3 is 2.78 bits per heavy atom. The number of anilines is 2. The molecule has 1 aliphatic carbocycles. The monoisotopic (exact) mass is 436 g/mol. The molecule has 1 amide bonds. The maximum Gasteiger partial charge on any atom is 0.408 e. The molecule has 0 bridgehead atoms. The smallest absolute Gasteiger partial charge is 0.408 e. The zero-order chi connectivity index (χ0) is 22.9. The van der Waals surface area contributed by atoms with Gasteiger partial charge >= 0.3 is 11.8 Å². The van der Waals surface area contributed by atoms with E-state index in [1.165, 1.54) is 10.7 Å². The first-order valence-electron chi connectivity index (χ1n) is 10.2. The molecule has 10 heteroatoms. The lowest BCUT2D eigenvalue weighted by Gasteiger charge is -2.22. The first kappa shape index (κ1) is 21.3. The molecule has 1 aromatic carbocycles. The van der Waals surface area contributed by atoms with Crippen molar-refractivity contribution in [2.45, 2.75) is 45.3 Å². The summed E-state index contributed by atoms with van der Waals surface area (Å²) in [6, 6.07) is 10.2. The van der Waals surface area contributed by atoms with Crippen LogP contribution in [-0.4, -0.2) is 31.4 Å². The van der Waals surface area contributed by atoms with Gasteiger partial charge in [0.25, 0.3) is 0 Å². The van der Waals surface area contributed by atoms with E-state index in [9.17, 15) is 14.9 Å². The number of rotatable bonds is 5. The molecule has 2 N–H and O–H groups in total. The molecule has 166 valence electrons. The molecular weight excluding hydrogens is 412 g/mol. The molecule has 1 atom stereocenters. The lowest BCUT2D eigenvalue weighted by Crippen LogP contribution is -2.34. The van der Waals surface area contributed by atoms with Crippen LogP contribution in [0.2, 0.25) is 0 Å². The Morgan fingerprint density at radius 1 is 1.28 bits per heavy atom. The molecule has 4 rings (SSSR count). The van der Waals surface area contributed by atoms with Crippen molar-refractivity contribution in [3.8, 4) is 5.82 Å². The lowest BCUT2D eigenvalue weighted by atomic mass is 10.1. The standard InChI is InChI=1S/C22H24N6O4/c1-22(2,3)32-21(29)25-17-8-5-14-13-15(6-7-16(14)17)24-20-18(28(30)31)9-10-19(26-20)27-12-4-11-23-27/h4,6-7,9-13,17H,5,8H2,1-3H3,(H,24,26)(H,25,29)/t17-/m0/s1. The van der Waals surface area contributed by atoms with Crippen molar-refractivity contribution >= 4 is 23.3 Å². The molecule has 2 heterocycles. The molecule has 0 aliphatic heterocycles. The maximum absolute atomic E-state index is 12.1. The fourth-order valence-electron chi connectivity index (χ4n) is 3.64. The summed E-state index contributed by atoms with van der Waals surface area (Å²) >= 11 is 0. The quantitative estimate of drug-likeness (QED) is 0.448. The van der Waals surface area contributed by atoms with E-state index in [1.807, 2.05) is 39.0 Å². The summed E-state index contributed by atoms with van der Waals surface area (Å²) in [7, 11) is 0. The number of pyridine rings is 1. The number of fused-ring (bicyclic) bond motifs is 1. The van der Waals surface area contributed by atoms with Crippen molar-refractivity contribution in [3.63, 3.8) is 0 Å². The number of carbonyl (C=O) groups excluding carboxylic acids is 1. The Labute approximate surface area is 184 Å². The molecule has 2 aromatic heterocycles. The summed E-state index contributed by atoms with van der Waals surface area (Å²) in [6.45, 7) is 5.46. The SMILES string of the molecule is CC(C)(C)OC(=O)N[C@H]1CCc2cc(Nc3nc(-n4cccn4)ccc3[N+](=O)[O-])ccc21. The van der Waals surface area contributed by atoms with Crippen molar-refractivity contribution in [3.05, 3.63) is 70.0 Å². The third-order valence-electron chi connectivity index (χ3n) is 4.97. The van der Waals surface area contributed by atoms with Crippen LogP contribution < -0.4 is 10.6 Å². The third kappa shape index (κ3) is 4.69. The minimum Gasteiger partial charge on any atom is -0.444 e. The van der Waals surface area contributed by atoms with Gasteiger partial charge in [0.1, 0.15) is 5.60 Å². The molecular formula is C22H24N6O4. The van der Waals surface area contributed by atoms with E-state index < -0.39 is 16.6 Å². The second-order valence-electron chi connectivity index (χ2n) is 8.52. The van der Waals surface area contributed by atoms with Crippen molar-refractivity contribution in [1.29, 1.82) is 0 Å². The van der Waals surface area contributed by atoms with Gasteiger partial charge in [-0.3, -0.25) is 10.1 Å². The van der Waals surface area contributed by atoms with Gasteiger partial charge in [-0.05, 0) is 69.0 Å². The van der Waals surface area contributed by atoms with Crippen LogP contribution >= 0.6 is 0 Å². The Kier molecular flexibility index (Phi) is 5.52. The van der Waals surface area contributed by atoms with E-state index in [2.05, 4.69) is 20.7 Å².